The van der Waals surface area contributed by atoms with Gasteiger partial charge in [-0.05, 0) is 67.3 Å². The van der Waals surface area contributed by atoms with Gasteiger partial charge in [-0.15, -0.1) is 0 Å². The summed E-state index contributed by atoms with van der Waals surface area (Å²) in [5.74, 6) is -0.0658. The van der Waals surface area contributed by atoms with Crippen LogP contribution in [0.1, 0.15) is 40.1 Å². The minimum Gasteiger partial charge on any atom is -0.490 e. The molecule has 4 N–H and O–H groups in total. The van der Waals surface area contributed by atoms with E-state index in [4.69, 9.17) is 4.74 Å². The standard InChI is InChI=1S/C29H31N3O4/c1-18(2)36-27-12-11-20(19-7-6-8-21(13-19)28(34)30-3)15-25(27)29(35)32-23(17-33)14-22-16-31-26-10-5-4-9-24(22)26/h4-13,15-16,18,23,31,33H,14,17H2,1-3H3,(H,30,34)(H,32,35)/t23-/m1/s1. The Morgan fingerprint density at radius 1 is 0.972 bits per heavy atom. The highest BCUT2D eigenvalue weighted by Crippen LogP contribution is 2.29. The third kappa shape index (κ3) is 5.58. The van der Waals surface area contributed by atoms with Gasteiger partial charge in [0.15, 0.2) is 0 Å². The number of hydrogen-bond acceptors (Lipinski definition) is 4. The van der Waals surface area contributed by atoms with Gasteiger partial charge in [0.25, 0.3) is 11.8 Å². The third-order valence-corrected chi connectivity index (χ3v) is 5.97. The van der Waals surface area contributed by atoms with Crippen LogP contribution in [-0.4, -0.2) is 47.7 Å². The number of nitrogens with one attached hydrogen (secondary N) is 3. The number of carbonyl (C=O) groups is 2. The molecular weight excluding hydrogens is 454 g/mol. The molecule has 1 heterocycles. The highest BCUT2D eigenvalue weighted by molar-refractivity contribution is 5.99. The molecule has 0 aliphatic carbocycles. The molecule has 2 amide bonds. The first-order chi connectivity index (χ1) is 17.4. The number of rotatable bonds is 9. The van der Waals surface area contributed by atoms with Crippen LogP contribution in [0.15, 0.2) is 72.9 Å². The van der Waals surface area contributed by atoms with Crippen molar-refractivity contribution in [1.29, 1.82) is 0 Å². The fourth-order valence-electron chi connectivity index (χ4n) is 4.22. The smallest absolute Gasteiger partial charge is 0.255 e. The average Bonchev–Trinajstić information content (AvgIpc) is 3.30. The molecule has 1 aromatic heterocycles. The Morgan fingerprint density at radius 3 is 2.50 bits per heavy atom. The molecule has 0 aliphatic heterocycles. The number of ether oxygens (including phenoxy) is 1. The number of fused-ring (bicyclic) bond motifs is 1. The number of amides is 2. The number of benzene rings is 3. The fourth-order valence-corrected chi connectivity index (χ4v) is 4.22. The van der Waals surface area contributed by atoms with Gasteiger partial charge in [-0.3, -0.25) is 9.59 Å². The molecule has 0 radical (unpaired) electrons. The number of para-hydroxylation sites is 1. The van der Waals surface area contributed by atoms with E-state index in [9.17, 15) is 14.7 Å². The maximum atomic E-state index is 13.4. The molecule has 4 aromatic rings. The number of aromatic amines is 1. The first-order valence-corrected chi connectivity index (χ1v) is 12.0. The summed E-state index contributed by atoms with van der Waals surface area (Å²) in [5, 5.41) is 16.7. The van der Waals surface area contributed by atoms with Crippen molar-refractivity contribution in [2.75, 3.05) is 13.7 Å². The van der Waals surface area contributed by atoms with Crippen molar-refractivity contribution in [2.24, 2.45) is 0 Å². The van der Waals surface area contributed by atoms with Crippen molar-refractivity contribution in [2.45, 2.75) is 32.4 Å². The van der Waals surface area contributed by atoms with Crippen molar-refractivity contribution in [3.05, 3.63) is 89.6 Å². The van der Waals surface area contributed by atoms with E-state index in [1.165, 1.54) is 0 Å². The number of aliphatic hydroxyl groups is 1. The van der Waals surface area contributed by atoms with Crippen molar-refractivity contribution >= 4 is 22.7 Å². The normalized spacial score (nSPS) is 11.9. The second kappa shape index (κ2) is 11.1. The van der Waals surface area contributed by atoms with E-state index in [0.717, 1.165) is 27.6 Å². The largest absolute Gasteiger partial charge is 0.490 e. The lowest BCUT2D eigenvalue weighted by atomic mass is 9.99. The summed E-state index contributed by atoms with van der Waals surface area (Å²) in [6.07, 6.45) is 2.26. The summed E-state index contributed by atoms with van der Waals surface area (Å²) >= 11 is 0. The van der Waals surface area contributed by atoms with Gasteiger partial charge in [0, 0.05) is 29.7 Å². The molecule has 0 saturated carbocycles. The van der Waals surface area contributed by atoms with Crippen molar-refractivity contribution < 1.29 is 19.4 Å². The summed E-state index contributed by atoms with van der Waals surface area (Å²) in [7, 11) is 1.59. The molecule has 7 nitrogen and oxygen atoms in total. The van der Waals surface area contributed by atoms with Gasteiger partial charge in [0.2, 0.25) is 0 Å². The van der Waals surface area contributed by atoms with E-state index >= 15 is 0 Å². The monoisotopic (exact) mass is 485 g/mol. The van der Waals surface area contributed by atoms with Crippen molar-refractivity contribution in [1.82, 2.24) is 15.6 Å². The van der Waals surface area contributed by atoms with E-state index in [1.54, 1.807) is 37.4 Å². The Hall–Kier alpha value is -4.10. The predicted octanol–water partition coefficient (Wildman–Crippen LogP) is 4.32. The number of aliphatic hydroxyl groups excluding tert-OH is 1. The molecule has 0 spiro atoms. The van der Waals surface area contributed by atoms with Gasteiger partial charge < -0.3 is 25.5 Å². The number of H-pyrrole nitrogens is 1. The zero-order valence-electron chi connectivity index (χ0n) is 20.7. The molecule has 0 unspecified atom stereocenters. The molecule has 3 aromatic carbocycles. The van der Waals surface area contributed by atoms with E-state index in [0.29, 0.717) is 23.3 Å². The average molecular weight is 486 g/mol. The lowest BCUT2D eigenvalue weighted by Crippen LogP contribution is -2.39. The Kier molecular flexibility index (Phi) is 7.71. The van der Waals surface area contributed by atoms with Gasteiger partial charge in [0.1, 0.15) is 5.75 Å². The molecule has 0 bridgehead atoms. The van der Waals surface area contributed by atoms with Gasteiger partial charge in [-0.2, -0.15) is 0 Å². The van der Waals surface area contributed by atoms with Crippen LogP contribution in [0, 0.1) is 0 Å². The van der Waals surface area contributed by atoms with Crippen LogP contribution >= 0.6 is 0 Å². The van der Waals surface area contributed by atoms with E-state index in [1.807, 2.05) is 56.4 Å². The van der Waals surface area contributed by atoms with Crippen LogP contribution < -0.4 is 15.4 Å². The highest BCUT2D eigenvalue weighted by Gasteiger charge is 2.20. The molecule has 36 heavy (non-hydrogen) atoms. The molecule has 7 heteroatoms. The lowest BCUT2D eigenvalue weighted by molar-refractivity contribution is 0.0909. The van der Waals surface area contributed by atoms with Gasteiger partial charge >= 0.3 is 0 Å². The third-order valence-electron chi connectivity index (χ3n) is 5.97. The zero-order chi connectivity index (χ0) is 25.7. The summed E-state index contributed by atoms with van der Waals surface area (Å²) in [4.78, 5) is 28.8. The number of hydrogen-bond donors (Lipinski definition) is 4. The first kappa shape index (κ1) is 25.0. The van der Waals surface area contributed by atoms with E-state index in [2.05, 4.69) is 15.6 Å². The van der Waals surface area contributed by atoms with Crippen LogP contribution in [-0.2, 0) is 6.42 Å². The van der Waals surface area contributed by atoms with Crippen LogP contribution in [0.4, 0.5) is 0 Å². The Bertz CT molecular complexity index is 1380. The van der Waals surface area contributed by atoms with Crippen LogP contribution in [0.3, 0.4) is 0 Å². The maximum absolute atomic E-state index is 13.4. The summed E-state index contributed by atoms with van der Waals surface area (Å²) in [5.41, 5.74) is 4.50. The predicted molar refractivity (Wildman–Crippen MR) is 141 cm³/mol. The van der Waals surface area contributed by atoms with Crippen LogP contribution in [0.5, 0.6) is 5.75 Å². The SMILES string of the molecule is CNC(=O)c1cccc(-c2ccc(OC(C)C)c(C(=O)N[C@@H](CO)Cc3c[nH]c4ccccc34)c2)c1. The Morgan fingerprint density at radius 2 is 1.75 bits per heavy atom. The maximum Gasteiger partial charge on any atom is 0.255 e. The zero-order valence-corrected chi connectivity index (χ0v) is 20.7. The minimum absolute atomic E-state index is 0.126. The van der Waals surface area contributed by atoms with Crippen molar-refractivity contribution in [3.8, 4) is 16.9 Å². The highest BCUT2D eigenvalue weighted by atomic mass is 16.5. The molecule has 0 saturated heterocycles. The molecule has 0 fully saturated rings. The summed E-state index contributed by atoms with van der Waals surface area (Å²) < 4.78 is 5.92. The van der Waals surface area contributed by atoms with Gasteiger partial charge in [-0.25, -0.2) is 0 Å². The van der Waals surface area contributed by atoms with Crippen LogP contribution in [0.25, 0.3) is 22.0 Å². The summed E-state index contributed by atoms with van der Waals surface area (Å²) in [6, 6.07) is 20.1. The van der Waals surface area contributed by atoms with E-state index < -0.39 is 6.04 Å². The quantitative estimate of drug-likeness (QED) is 0.284. The van der Waals surface area contributed by atoms with E-state index in [-0.39, 0.29) is 24.5 Å². The Labute approximate surface area is 210 Å². The van der Waals surface area contributed by atoms with Gasteiger partial charge in [-0.1, -0.05) is 36.4 Å². The van der Waals surface area contributed by atoms with Crippen LogP contribution in [0.2, 0.25) is 0 Å². The number of aromatic nitrogens is 1. The molecule has 1 atom stereocenters. The molecule has 4 rings (SSSR count). The molecule has 186 valence electrons. The Balaban J connectivity index is 1.62. The minimum atomic E-state index is -0.483. The van der Waals surface area contributed by atoms with Gasteiger partial charge in [0.05, 0.1) is 24.3 Å². The lowest BCUT2D eigenvalue weighted by Gasteiger charge is -2.19. The second-order valence-corrected chi connectivity index (χ2v) is 8.95. The van der Waals surface area contributed by atoms with Crippen molar-refractivity contribution in [3.63, 3.8) is 0 Å². The fraction of sp³-hybridized carbons (Fsp3) is 0.241. The summed E-state index contributed by atoms with van der Waals surface area (Å²) in [6.45, 7) is 3.59. The topological polar surface area (TPSA) is 103 Å². The molecular formula is C29H31N3O4. The molecule has 0 aliphatic rings. The first-order valence-electron chi connectivity index (χ1n) is 12.0. The second-order valence-electron chi connectivity index (χ2n) is 8.95. The number of carbonyl (C=O) groups excluding carboxylic acids is 2.